The number of nitrogens with one attached hydrogen (secondary N) is 1. The summed E-state index contributed by atoms with van der Waals surface area (Å²) >= 11 is 3.26. The van der Waals surface area contributed by atoms with Crippen molar-refractivity contribution in [2.75, 3.05) is 25.6 Å². The molecular formula is C11H15BrN2O4. The molecule has 0 spiro atoms. The van der Waals surface area contributed by atoms with Crippen molar-refractivity contribution in [1.29, 1.82) is 0 Å². The highest BCUT2D eigenvalue weighted by Crippen LogP contribution is 2.27. The van der Waals surface area contributed by atoms with Crippen LogP contribution in [0.25, 0.3) is 0 Å². The Labute approximate surface area is 113 Å². The number of benzene rings is 1. The van der Waals surface area contributed by atoms with Crippen LogP contribution < -0.4 is 5.32 Å². The third-order valence-electron chi connectivity index (χ3n) is 2.31. The SMILES string of the molecule is COCC(O)CCNc1cc(Br)ccc1[N+](=O)[O-]. The monoisotopic (exact) mass is 318 g/mol. The fourth-order valence-electron chi connectivity index (χ4n) is 1.46. The van der Waals surface area contributed by atoms with Gasteiger partial charge in [0.1, 0.15) is 5.69 Å². The predicted octanol–water partition coefficient (Wildman–Crippen LogP) is 2.17. The zero-order valence-corrected chi connectivity index (χ0v) is 11.5. The molecule has 0 amide bonds. The standard InChI is InChI=1S/C11H15BrN2O4/c1-18-7-9(15)4-5-13-10-6-8(12)2-3-11(10)14(16)17/h2-3,6,9,13,15H,4-5,7H2,1H3. The van der Waals surface area contributed by atoms with E-state index in [1.165, 1.54) is 13.2 Å². The average Bonchev–Trinajstić information content (AvgIpc) is 2.29. The van der Waals surface area contributed by atoms with E-state index in [1.54, 1.807) is 12.1 Å². The second-order valence-electron chi connectivity index (χ2n) is 3.74. The van der Waals surface area contributed by atoms with E-state index in [1.807, 2.05) is 0 Å². The Morgan fingerprint density at radius 1 is 1.61 bits per heavy atom. The van der Waals surface area contributed by atoms with Crippen LogP contribution in [0.15, 0.2) is 22.7 Å². The number of halogens is 1. The first-order valence-corrected chi connectivity index (χ1v) is 6.18. The highest BCUT2D eigenvalue weighted by Gasteiger charge is 2.13. The van der Waals surface area contributed by atoms with E-state index in [4.69, 9.17) is 4.74 Å². The molecule has 100 valence electrons. The zero-order chi connectivity index (χ0) is 13.5. The van der Waals surface area contributed by atoms with Crippen LogP contribution >= 0.6 is 15.9 Å². The van der Waals surface area contributed by atoms with Gasteiger partial charge in [0.05, 0.1) is 17.6 Å². The molecule has 1 rings (SSSR count). The smallest absolute Gasteiger partial charge is 0.292 e. The van der Waals surface area contributed by atoms with E-state index in [0.29, 0.717) is 18.7 Å². The van der Waals surface area contributed by atoms with Crippen LogP contribution in [0.4, 0.5) is 11.4 Å². The summed E-state index contributed by atoms with van der Waals surface area (Å²) in [5.74, 6) is 0. The Morgan fingerprint density at radius 3 is 2.94 bits per heavy atom. The topological polar surface area (TPSA) is 84.6 Å². The molecule has 0 aliphatic carbocycles. The third kappa shape index (κ3) is 4.59. The maximum atomic E-state index is 10.8. The first-order chi connectivity index (χ1) is 8.54. The molecule has 0 aromatic heterocycles. The van der Waals surface area contributed by atoms with Crippen LogP contribution in [0.3, 0.4) is 0 Å². The molecule has 0 radical (unpaired) electrons. The molecule has 1 aromatic carbocycles. The number of aliphatic hydroxyl groups excluding tert-OH is 1. The maximum absolute atomic E-state index is 10.8. The molecule has 7 heteroatoms. The van der Waals surface area contributed by atoms with Crippen molar-refractivity contribution >= 4 is 27.3 Å². The molecule has 1 atom stereocenters. The molecule has 0 bridgehead atoms. The minimum atomic E-state index is -0.575. The number of nitro groups is 1. The van der Waals surface area contributed by atoms with Crippen molar-refractivity contribution in [2.45, 2.75) is 12.5 Å². The first kappa shape index (κ1) is 14.9. The Bertz CT molecular complexity index is 414. The maximum Gasteiger partial charge on any atom is 0.292 e. The van der Waals surface area contributed by atoms with Crippen LogP contribution in [0.2, 0.25) is 0 Å². The Hall–Kier alpha value is -1.18. The number of hydrogen-bond acceptors (Lipinski definition) is 5. The molecule has 18 heavy (non-hydrogen) atoms. The van der Waals surface area contributed by atoms with Gasteiger partial charge in [0.2, 0.25) is 0 Å². The van der Waals surface area contributed by atoms with Gasteiger partial charge in [0.25, 0.3) is 5.69 Å². The van der Waals surface area contributed by atoms with Gasteiger partial charge >= 0.3 is 0 Å². The molecule has 0 saturated heterocycles. The van der Waals surface area contributed by atoms with Gasteiger partial charge < -0.3 is 15.2 Å². The summed E-state index contributed by atoms with van der Waals surface area (Å²) in [5.41, 5.74) is 0.443. The second kappa shape index (κ2) is 7.30. The van der Waals surface area contributed by atoms with Crippen molar-refractivity contribution in [3.63, 3.8) is 0 Å². The summed E-state index contributed by atoms with van der Waals surface area (Å²) in [4.78, 5) is 10.4. The number of ether oxygens (including phenoxy) is 1. The number of rotatable bonds is 7. The van der Waals surface area contributed by atoms with Crippen molar-refractivity contribution in [3.05, 3.63) is 32.8 Å². The van der Waals surface area contributed by atoms with Gasteiger partial charge in [0, 0.05) is 24.2 Å². The van der Waals surface area contributed by atoms with Crippen LogP contribution in [-0.4, -0.2) is 36.4 Å². The molecule has 0 fully saturated rings. The number of anilines is 1. The molecule has 1 unspecified atom stereocenters. The summed E-state index contributed by atoms with van der Waals surface area (Å²) in [6.07, 6.45) is -0.119. The molecule has 0 saturated carbocycles. The molecule has 0 aliphatic heterocycles. The van der Waals surface area contributed by atoms with Gasteiger partial charge in [0.15, 0.2) is 0 Å². The number of nitro benzene ring substituents is 1. The molecule has 1 aromatic rings. The summed E-state index contributed by atoms with van der Waals surface area (Å²) in [5, 5.41) is 23.2. The zero-order valence-electron chi connectivity index (χ0n) is 9.93. The van der Waals surface area contributed by atoms with E-state index < -0.39 is 11.0 Å². The van der Waals surface area contributed by atoms with Crippen molar-refractivity contribution in [1.82, 2.24) is 0 Å². The number of methoxy groups -OCH3 is 1. The normalized spacial score (nSPS) is 12.2. The van der Waals surface area contributed by atoms with Gasteiger partial charge in [-0.1, -0.05) is 15.9 Å². The summed E-state index contributed by atoms with van der Waals surface area (Å²) < 4.78 is 5.55. The minimum absolute atomic E-state index is 0.0134. The van der Waals surface area contributed by atoms with Gasteiger partial charge in [-0.25, -0.2) is 0 Å². The van der Waals surface area contributed by atoms with E-state index in [-0.39, 0.29) is 12.3 Å². The molecule has 0 aliphatic rings. The molecule has 0 heterocycles. The van der Waals surface area contributed by atoms with Crippen LogP contribution in [0, 0.1) is 10.1 Å². The number of nitrogens with zero attached hydrogens (tertiary/aromatic N) is 1. The van der Waals surface area contributed by atoms with Crippen molar-refractivity contribution < 1.29 is 14.8 Å². The van der Waals surface area contributed by atoms with E-state index >= 15 is 0 Å². The lowest BCUT2D eigenvalue weighted by molar-refractivity contribution is -0.384. The lowest BCUT2D eigenvalue weighted by atomic mass is 10.2. The van der Waals surface area contributed by atoms with Gasteiger partial charge in [-0.15, -0.1) is 0 Å². The van der Waals surface area contributed by atoms with Crippen molar-refractivity contribution in [2.24, 2.45) is 0 Å². The van der Waals surface area contributed by atoms with Crippen molar-refractivity contribution in [3.8, 4) is 0 Å². The highest BCUT2D eigenvalue weighted by molar-refractivity contribution is 9.10. The first-order valence-electron chi connectivity index (χ1n) is 5.39. The quantitative estimate of drug-likeness (QED) is 0.594. The summed E-state index contributed by atoms with van der Waals surface area (Å²) in [6.45, 7) is 0.685. The Kier molecular flexibility index (Phi) is 6.03. The predicted molar refractivity (Wildman–Crippen MR) is 71.8 cm³/mol. The summed E-state index contributed by atoms with van der Waals surface area (Å²) in [7, 11) is 1.51. The van der Waals surface area contributed by atoms with Crippen LogP contribution in [0.5, 0.6) is 0 Å². The van der Waals surface area contributed by atoms with E-state index in [9.17, 15) is 15.2 Å². The molecule has 2 N–H and O–H groups in total. The van der Waals surface area contributed by atoms with Gasteiger partial charge in [-0.2, -0.15) is 0 Å². The Morgan fingerprint density at radius 2 is 2.33 bits per heavy atom. The van der Waals surface area contributed by atoms with E-state index in [0.717, 1.165) is 4.47 Å². The fraction of sp³-hybridized carbons (Fsp3) is 0.455. The Balaban J connectivity index is 2.60. The minimum Gasteiger partial charge on any atom is -0.391 e. The number of hydrogen-bond donors (Lipinski definition) is 2. The second-order valence-corrected chi connectivity index (χ2v) is 4.66. The molecular weight excluding hydrogens is 304 g/mol. The third-order valence-corrected chi connectivity index (χ3v) is 2.80. The summed E-state index contributed by atoms with van der Waals surface area (Å²) in [6, 6.07) is 4.68. The highest BCUT2D eigenvalue weighted by atomic mass is 79.9. The fourth-order valence-corrected chi connectivity index (χ4v) is 1.82. The van der Waals surface area contributed by atoms with Crippen LogP contribution in [0.1, 0.15) is 6.42 Å². The van der Waals surface area contributed by atoms with Gasteiger partial charge in [-0.3, -0.25) is 10.1 Å². The average molecular weight is 319 g/mol. The van der Waals surface area contributed by atoms with Crippen LogP contribution in [-0.2, 0) is 4.74 Å². The molecule has 6 nitrogen and oxygen atoms in total. The van der Waals surface area contributed by atoms with Gasteiger partial charge in [-0.05, 0) is 18.6 Å². The largest absolute Gasteiger partial charge is 0.391 e. The lowest BCUT2D eigenvalue weighted by Gasteiger charge is -2.11. The number of aliphatic hydroxyl groups is 1. The lowest BCUT2D eigenvalue weighted by Crippen LogP contribution is -2.18. The van der Waals surface area contributed by atoms with E-state index in [2.05, 4.69) is 21.2 Å².